The van der Waals surface area contributed by atoms with E-state index in [9.17, 15) is 9.18 Å². The highest BCUT2D eigenvalue weighted by atomic mass is 19.1. The van der Waals surface area contributed by atoms with Crippen LogP contribution in [0.2, 0.25) is 0 Å². The van der Waals surface area contributed by atoms with Gasteiger partial charge in [-0.25, -0.2) is 9.18 Å². The Morgan fingerprint density at radius 3 is 2.70 bits per heavy atom. The Balaban J connectivity index is 2.08. The van der Waals surface area contributed by atoms with E-state index in [2.05, 4.69) is 10.1 Å². The number of furan rings is 1. The number of halogens is 1. The molecule has 0 fully saturated rings. The average molecular weight is 277 g/mol. The summed E-state index contributed by atoms with van der Waals surface area (Å²) in [6, 6.07) is 8.02. The van der Waals surface area contributed by atoms with Gasteiger partial charge in [-0.15, -0.1) is 0 Å². The molecule has 0 aliphatic heterocycles. The van der Waals surface area contributed by atoms with Crippen molar-refractivity contribution in [1.82, 2.24) is 0 Å². The van der Waals surface area contributed by atoms with Gasteiger partial charge in [-0.05, 0) is 30.3 Å². The Labute approximate surface area is 116 Å². The normalized spacial score (nSPS) is 10.3. The highest BCUT2D eigenvalue weighted by Gasteiger charge is 2.12. The van der Waals surface area contributed by atoms with Gasteiger partial charge in [0.05, 0.1) is 19.2 Å². The Morgan fingerprint density at radius 1 is 1.30 bits per heavy atom. The van der Waals surface area contributed by atoms with Crippen LogP contribution in [0.4, 0.5) is 10.1 Å². The van der Waals surface area contributed by atoms with E-state index in [0.717, 1.165) is 17.9 Å². The molecule has 5 heteroatoms. The molecule has 0 spiro atoms. The number of methoxy groups -OCH3 is 1. The molecule has 0 radical (unpaired) electrons. The van der Waals surface area contributed by atoms with Gasteiger partial charge in [0.15, 0.2) is 0 Å². The summed E-state index contributed by atoms with van der Waals surface area (Å²) in [7, 11) is 1.22. The Kier molecular flexibility index (Phi) is 4.40. The number of hydrogen-bond acceptors (Lipinski definition) is 4. The number of carbonyl (C=O) groups is 1. The van der Waals surface area contributed by atoms with E-state index >= 15 is 0 Å². The maximum Gasteiger partial charge on any atom is 0.340 e. The van der Waals surface area contributed by atoms with E-state index in [0.29, 0.717) is 12.2 Å². The van der Waals surface area contributed by atoms with E-state index < -0.39 is 11.8 Å². The largest absolute Gasteiger partial charge is 0.465 e. The zero-order valence-electron chi connectivity index (χ0n) is 11.4. The van der Waals surface area contributed by atoms with E-state index in [4.69, 9.17) is 4.42 Å². The predicted octanol–water partition coefficient (Wildman–Crippen LogP) is 3.38. The minimum absolute atomic E-state index is 0.0915. The Morgan fingerprint density at radius 2 is 2.05 bits per heavy atom. The highest BCUT2D eigenvalue weighted by molar-refractivity contribution is 5.90. The monoisotopic (exact) mass is 277 g/mol. The number of nitrogens with one attached hydrogen (secondary N) is 1. The first-order valence-electron chi connectivity index (χ1n) is 6.33. The predicted molar refractivity (Wildman–Crippen MR) is 73.2 cm³/mol. The number of carbonyl (C=O) groups excluding carboxylic acids is 1. The molecule has 2 aromatic rings. The van der Waals surface area contributed by atoms with Crippen LogP contribution >= 0.6 is 0 Å². The number of aryl methyl sites for hydroxylation is 1. The lowest BCUT2D eigenvalue weighted by atomic mass is 10.2. The van der Waals surface area contributed by atoms with Gasteiger partial charge < -0.3 is 14.5 Å². The number of benzene rings is 1. The van der Waals surface area contributed by atoms with Crippen LogP contribution in [0.15, 0.2) is 34.7 Å². The van der Waals surface area contributed by atoms with Gasteiger partial charge in [0.2, 0.25) is 0 Å². The molecule has 0 bridgehead atoms. The summed E-state index contributed by atoms with van der Waals surface area (Å²) in [5.41, 5.74) is 0.535. The zero-order valence-corrected chi connectivity index (χ0v) is 11.4. The van der Waals surface area contributed by atoms with Crippen LogP contribution < -0.4 is 5.32 Å². The molecule has 0 saturated carbocycles. The van der Waals surface area contributed by atoms with Crippen LogP contribution in [-0.2, 0) is 17.7 Å². The van der Waals surface area contributed by atoms with Crippen LogP contribution in [0, 0.1) is 5.82 Å². The summed E-state index contributed by atoms with van der Waals surface area (Å²) in [4.78, 5) is 11.4. The fourth-order valence-electron chi connectivity index (χ4n) is 1.80. The van der Waals surface area contributed by atoms with Crippen LogP contribution in [0.25, 0.3) is 0 Å². The van der Waals surface area contributed by atoms with Gasteiger partial charge in [0.25, 0.3) is 0 Å². The van der Waals surface area contributed by atoms with E-state index in [-0.39, 0.29) is 5.56 Å². The molecule has 0 saturated heterocycles. The molecule has 0 unspecified atom stereocenters. The quantitative estimate of drug-likeness (QED) is 0.851. The molecule has 0 aliphatic rings. The molecule has 1 N–H and O–H groups in total. The average Bonchev–Trinajstić information content (AvgIpc) is 2.93. The summed E-state index contributed by atoms with van der Waals surface area (Å²) in [5.74, 6) is 0.396. The van der Waals surface area contributed by atoms with E-state index in [1.165, 1.54) is 19.2 Å². The minimum atomic E-state index is -0.697. The van der Waals surface area contributed by atoms with Gasteiger partial charge in [0, 0.05) is 12.1 Å². The fourth-order valence-corrected chi connectivity index (χ4v) is 1.80. The first-order chi connectivity index (χ1) is 9.63. The van der Waals surface area contributed by atoms with Crippen LogP contribution in [0.1, 0.15) is 28.8 Å². The van der Waals surface area contributed by atoms with Crippen molar-refractivity contribution in [2.24, 2.45) is 0 Å². The summed E-state index contributed by atoms with van der Waals surface area (Å²) >= 11 is 0. The zero-order chi connectivity index (χ0) is 14.5. The minimum Gasteiger partial charge on any atom is -0.465 e. The van der Waals surface area contributed by atoms with Crippen molar-refractivity contribution in [3.8, 4) is 0 Å². The molecule has 0 amide bonds. The molecule has 2 rings (SSSR count). The van der Waals surface area contributed by atoms with Crippen molar-refractivity contribution in [2.75, 3.05) is 12.4 Å². The Bertz CT molecular complexity index is 607. The molecule has 106 valence electrons. The van der Waals surface area contributed by atoms with Gasteiger partial charge in [-0.3, -0.25) is 0 Å². The first kappa shape index (κ1) is 14.1. The second-order valence-electron chi connectivity index (χ2n) is 4.26. The maximum atomic E-state index is 13.5. The Hall–Kier alpha value is -2.30. The van der Waals surface area contributed by atoms with Gasteiger partial charge in [-0.1, -0.05) is 6.92 Å². The van der Waals surface area contributed by atoms with Crippen molar-refractivity contribution in [3.63, 3.8) is 0 Å². The van der Waals surface area contributed by atoms with E-state index in [1.54, 1.807) is 6.07 Å². The molecule has 1 heterocycles. The van der Waals surface area contributed by atoms with Crippen molar-refractivity contribution in [1.29, 1.82) is 0 Å². The van der Waals surface area contributed by atoms with Gasteiger partial charge >= 0.3 is 5.97 Å². The highest BCUT2D eigenvalue weighted by Crippen LogP contribution is 2.17. The molecular formula is C15H16FNO3. The lowest BCUT2D eigenvalue weighted by Crippen LogP contribution is -2.06. The first-order valence-corrected chi connectivity index (χ1v) is 6.33. The van der Waals surface area contributed by atoms with Crippen molar-refractivity contribution in [2.45, 2.75) is 19.9 Å². The van der Waals surface area contributed by atoms with Gasteiger partial charge in [0.1, 0.15) is 17.3 Å². The van der Waals surface area contributed by atoms with Crippen molar-refractivity contribution >= 4 is 11.7 Å². The molecule has 4 nitrogen and oxygen atoms in total. The lowest BCUT2D eigenvalue weighted by Gasteiger charge is -2.07. The molecule has 1 aromatic carbocycles. The second-order valence-corrected chi connectivity index (χ2v) is 4.26. The lowest BCUT2D eigenvalue weighted by molar-refractivity contribution is 0.0595. The number of rotatable bonds is 5. The summed E-state index contributed by atoms with van der Waals surface area (Å²) in [6.45, 7) is 2.48. The second kappa shape index (κ2) is 6.23. The number of hydrogen-bond donors (Lipinski definition) is 1. The standard InChI is InChI=1S/C15H16FNO3/c1-3-11-5-6-12(20-11)9-17-10-4-7-14(16)13(8-10)15(18)19-2/h4-8,17H,3,9H2,1-2H3. The number of ether oxygens (including phenoxy) is 1. The van der Waals surface area contributed by atoms with Crippen LogP contribution in [-0.4, -0.2) is 13.1 Å². The third-order valence-corrected chi connectivity index (χ3v) is 2.90. The number of esters is 1. The molecule has 0 atom stereocenters. The summed E-state index contributed by atoms with van der Waals surface area (Å²) in [5, 5.41) is 3.08. The van der Waals surface area contributed by atoms with Gasteiger partial charge in [-0.2, -0.15) is 0 Å². The van der Waals surface area contributed by atoms with Crippen molar-refractivity contribution < 1.29 is 18.3 Å². The maximum absolute atomic E-state index is 13.5. The fraction of sp³-hybridized carbons (Fsp3) is 0.267. The summed E-state index contributed by atoms with van der Waals surface area (Å²) < 4.78 is 23.5. The third kappa shape index (κ3) is 3.17. The molecule has 0 aliphatic carbocycles. The van der Waals surface area contributed by atoms with Crippen molar-refractivity contribution in [3.05, 3.63) is 53.2 Å². The topological polar surface area (TPSA) is 51.5 Å². The molecule has 20 heavy (non-hydrogen) atoms. The molecular weight excluding hydrogens is 261 g/mol. The van der Waals surface area contributed by atoms with Crippen LogP contribution in [0.5, 0.6) is 0 Å². The van der Waals surface area contributed by atoms with E-state index in [1.807, 2.05) is 19.1 Å². The summed E-state index contributed by atoms with van der Waals surface area (Å²) in [6.07, 6.45) is 0.836. The number of anilines is 1. The SMILES string of the molecule is CCc1ccc(CNc2ccc(F)c(C(=O)OC)c2)o1. The molecule has 1 aromatic heterocycles. The smallest absolute Gasteiger partial charge is 0.340 e. The third-order valence-electron chi connectivity index (χ3n) is 2.90. The van der Waals surface area contributed by atoms with Crippen LogP contribution in [0.3, 0.4) is 0 Å².